The van der Waals surface area contributed by atoms with E-state index < -0.39 is 72.8 Å². The van der Waals surface area contributed by atoms with Gasteiger partial charge in [-0.25, -0.2) is 0 Å². The highest BCUT2D eigenvalue weighted by molar-refractivity contribution is 6.02. The van der Waals surface area contributed by atoms with Crippen LogP contribution in [0.1, 0.15) is 27.7 Å². The van der Waals surface area contributed by atoms with Crippen molar-refractivity contribution in [3.8, 4) is 0 Å². The molecule has 0 saturated carbocycles. The Morgan fingerprint density at radius 1 is 0.483 bits per heavy atom. The molecule has 0 aliphatic heterocycles. The van der Waals surface area contributed by atoms with Gasteiger partial charge in [0.25, 0.3) is 0 Å². The van der Waals surface area contributed by atoms with Crippen molar-refractivity contribution in [2.75, 3.05) is 13.2 Å². The average molecular weight is 418 g/mol. The molecule has 0 aromatic heterocycles. The van der Waals surface area contributed by atoms with Crippen LogP contribution < -0.4 is 0 Å². The van der Waals surface area contributed by atoms with Gasteiger partial charge in [0.1, 0.15) is 0 Å². The van der Waals surface area contributed by atoms with Crippen molar-refractivity contribution in [2.24, 2.45) is 11.8 Å². The van der Waals surface area contributed by atoms with Gasteiger partial charge < -0.3 is 23.7 Å². The fourth-order valence-corrected chi connectivity index (χ4v) is 1.62. The molecule has 0 spiro atoms. The first-order valence-corrected chi connectivity index (χ1v) is 7.81. The van der Waals surface area contributed by atoms with E-state index in [0.29, 0.717) is 0 Å². The molecule has 0 bridgehead atoms. The molecule has 0 aliphatic carbocycles. The van der Waals surface area contributed by atoms with Gasteiger partial charge in [-0.1, -0.05) is 0 Å². The van der Waals surface area contributed by atoms with Crippen molar-refractivity contribution in [1.29, 1.82) is 0 Å². The highest BCUT2D eigenvalue weighted by Crippen LogP contribution is 2.10. The van der Waals surface area contributed by atoms with Gasteiger partial charge in [-0.3, -0.25) is 38.4 Å². The maximum atomic E-state index is 11.8. The number of esters is 8. The minimum absolute atomic E-state index is 0.873. The Hall–Kier alpha value is -3.48. The molecule has 0 amide bonds. The van der Waals surface area contributed by atoms with Crippen LogP contribution in [0.2, 0.25) is 0 Å². The zero-order chi connectivity index (χ0) is 22.7. The minimum Gasteiger partial charge on any atom is -0.393 e. The second-order valence-corrected chi connectivity index (χ2v) is 5.29. The number of carbonyl (C=O) groups excluding carboxylic acids is 8. The lowest BCUT2D eigenvalue weighted by molar-refractivity contribution is -0.172. The molecule has 0 atom stereocenters. The summed E-state index contributed by atoms with van der Waals surface area (Å²) < 4.78 is 21.8. The van der Waals surface area contributed by atoms with E-state index >= 15 is 0 Å². The summed E-state index contributed by atoms with van der Waals surface area (Å²) in [6.45, 7) is 1.70. The van der Waals surface area contributed by atoms with E-state index in [1.54, 1.807) is 0 Å². The largest absolute Gasteiger partial charge is 0.393 e. The van der Waals surface area contributed by atoms with Gasteiger partial charge in [-0.05, 0) is 0 Å². The number of hydrogen-bond acceptors (Lipinski definition) is 13. The minimum atomic E-state index is -1.92. The van der Waals surface area contributed by atoms with Gasteiger partial charge in [0.15, 0.2) is 11.8 Å². The van der Waals surface area contributed by atoms with Crippen molar-refractivity contribution in [2.45, 2.75) is 27.7 Å². The highest BCUT2D eigenvalue weighted by atomic mass is 16.6. The third-order valence-electron chi connectivity index (χ3n) is 2.68. The van der Waals surface area contributed by atoms with Crippen molar-refractivity contribution >= 4 is 47.8 Å². The molecule has 0 N–H and O–H groups in total. The Labute approximate surface area is 163 Å². The van der Waals surface area contributed by atoms with Gasteiger partial charge in [0, 0.05) is 27.7 Å². The molecular formula is C16H18O13. The van der Waals surface area contributed by atoms with Crippen molar-refractivity contribution in [3.63, 3.8) is 0 Å². The third-order valence-corrected chi connectivity index (χ3v) is 2.68. The number of hydrogen-bond donors (Lipinski definition) is 0. The maximum Gasteiger partial charge on any atom is 0.330 e. The lowest BCUT2D eigenvalue weighted by Gasteiger charge is -2.16. The van der Waals surface area contributed by atoms with Crippen LogP contribution in [-0.2, 0) is 62.0 Å². The summed E-state index contributed by atoms with van der Waals surface area (Å²) in [5, 5.41) is 0. The molecule has 0 radical (unpaired) electrons. The normalized spacial score (nSPS) is 10.1. The van der Waals surface area contributed by atoms with Crippen molar-refractivity contribution < 1.29 is 62.0 Å². The van der Waals surface area contributed by atoms with Gasteiger partial charge in [-0.2, -0.15) is 0 Å². The van der Waals surface area contributed by atoms with E-state index in [9.17, 15) is 38.4 Å². The van der Waals surface area contributed by atoms with E-state index in [2.05, 4.69) is 18.9 Å². The predicted molar refractivity (Wildman–Crippen MR) is 84.9 cm³/mol. The monoisotopic (exact) mass is 418 g/mol. The Balaban J connectivity index is 5.28. The summed E-state index contributed by atoms with van der Waals surface area (Å²) in [5.74, 6) is -13.8. The zero-order valence-corrected chi connectivity index (χ0v) is 15.9. The van der Waals surface area contributed by atoms with Crippen LogP contribution in [0, 0.1) is 11.8 Å². The summed E-state index contributed by atoms with van der Waals surface area (Å²) >= 11 is 0. The van der Waals surface area contributed by atoms with Crippen LogP contribution in [0.4, 0.5) is 0 Å². The summed E-state index contributed by atoms with van der Waals surface area (Å²) in [5.41, 5.74) is 0. The maximum absolute atomic E-state index is 11.8. The van der Waals surface area contributed by atoms with E-state index in [0.717, 1.165) is 27.7 Å². The predicted octanol–water partition coefficient (Wildman–Crippen LogP) is -1.41. The van der Waals surface area contributed by atoms with Crippen LogP contribution in [0.15, 0.2) is 0 Å². The highest BCUT2D eigenvalue weighted by Gasteiger charge is 2.36. The first-order valence-electron chi connectivity index (χ1n) is 7.81. The average Bonchev–Trinajstić information content (AvgIpc) is 2.51. The van der Waals surface area contributed by atoms with E-state index in [-0.39, 0.29) is 0 Å². The molecule has 0 aliphatic rings. The van der Waals surface area contributed by atoms with Gasteiger partial charge in [-0.15, -0.1) is 0 Å². The molecule has 0 heterocycles. The Bertz CT molecular complexity index is 604. The summed E-state index contributed by atoms with van der Waals surface area (Å²) in [6.07, 6.45) is 0. The van der Waals surface area contributed by atoms with Crippen LogP contribution >= 0.6 is 0 Å². The van der Waals surface area contributed by atoms with Gasteiger partial charge >= 0.3 is 47.8 Å². The molecule has 29 heavy (non-hydrogen) atoms. The molecule has 0 rings (SSSR count). The molecule has 0 fully saturated rings. The lowest BCUT2D eigenvalue weighted by Crippen LogP contribution is -2.37. The number of rotatable bonds is 8. The smallest absolute Gasteiger partial charge is 0.330 e. The topological polar surface area (TPSA) is 183 Å². The zero-order valence-electron chi connectivity index (χ0n) is 15.9. The molecule has 0 saturated heterocycles. The summed E-state index contributed by atoms with van der Waals surface area (Å²) in [4.78, 5) is 90.7. The molecule has 0 aromatic carbocycles. The number of ether oxygens (including phenoxy) is 5. The standard InChI is InChI=1S/C16H18O13/c1-7(17)26-13(21)11(14(22)27-8(2)18)5-25-6-12(15(23)28-9(3)19)16(24)29-10(4)20/h11-12H,5-6H2,1-4H3. The van der Waals surface area contributed by atoms with Crippen LogP contribution in [0.25, 0.3) is 0 Å². The van der Waals surface area contributed by atoms with Crippen LogP contribution in [0.3, 0.4) is 0 Å². The SMILES string of the molecule is CC(=O)OC(=O)C(COCC(C(=O)OC(C)=O)C(=O)OC(C)=O)C(=O)OC(C)=O. The van der Waals surface area contributed by atoms with E-state index in [1.807, 2.05) is 0 Å². The first kappa shape index (κ1) is 25.5. The number of carbonyl (C=O) groups is 8. The molecule has 160 valence electrons. The van der Waals surface area contributed by atoms with Crippen molar-refractivity contribution in [1.82, 2.24) is 0 Å². The molecule has 13 heteroatoms. The van der Waals surface area contributed by atoms with Crippen molar-refractivity contribution in [3.05, 3.63) is 0 Å². The third kappa shape index (κ3) is 10.4. The lowest BCUT2D eigenvalue weighted by atomic mass is 10.1. The first-order chi connectivity index (χ1) is 13.3. The quantitative estimate of drug-likeness (QED) is 0.255. The van der Waals surface area contributed by atoms with Crippen LogP contribution in [-0.4, -0.2) is 61.0 Å². The molecule has 13 nitrogen and oxygen atoms in total. The summed E-state index contributed by atoms with van der Waals surface area (Å²) in [7, 11) is 0. The van der Waals surface area contributed by atoms with Gasteiger partial charge in [0.05, 0.1) is 13.2 Å². The van der Waals surface area contributed by atoms with E-state index in [1.165, 1.54) is 0 Å². The Morgan fingerprint density at radius 2 is 0.690 bits per heavy atom. The Morgan fingerprint density at radius 3 is 0.862 bits per heavy atom. The molecule has 0 aromatic rings. The summed E-state index contributed by atoms with van der Waals surface area (Å²) in [6, 6.07) is 0. The van der Waals surface area contributed by atoms with Gasteiger partial charge in [0.2, 0.25) is 0 Å². The molecule has 0 unspecified atom stereocenters. The van der Waals surface area contributed by atoms with Crippen LogP contribution in [0.5, 0.6) is 0 Å². The Kier molecular flexibility index (Phi) is 10.6. The fraction of sp³-hybridized carbons (Fsp3) is 0.500. The fourth-order valence-electron chi connectivity index (χ4n) is 1.62. The van der Waals surface area contributed by atoms with E-state index in [4.69, 9.17) is 4.74 Å². The second kappa shape index (κ2) is 12.1. The molecular weight excluding hydrogens is 400 g/mol. The second-order valence-electron chi connectivity index (χ2n) is 5.29.